The van der Waals surface area contributed by atoms with Gasteiger partial charge in [-0.1, -0.05) is 46.4 Å². The molecular weight excluding hydrogens is 243 g/mol. The van der Waals surface area contributed by atoms with E-state index in [1.165, 1.54) is 64.2 Å². The highest BCUT2D eigenvalue weighted by Crippen LogP contribution is 2.58. The van der Waals surface area contributed by atoms with Gasteiger partial charge in [0.2, 0.25) is 0 Å². The fourth-order valence-electron chi connectivity index (χ4n) is 3.82. The quantitative estimate of drug-likeness (QED) is 0.758. The average molecular weight is 270 g/mol. The SMILES string of the molecule is CC(C(=O)O)P(C1CCCCC1)C1CCCCC1. The van der Waals surface area contributed by atoms with Crippen molar-refractivity contribution in [1.82, 2.24) is 0 Å². The molecule has 0 spiro atoms. The second-order valence-corrected chi connectivity index (χ2v) is 9.17. The Kier molecular flexibility index (Phi) is 5.48. The van der Waals surface area contributed by atoms with E-state index in [1.54, 1.807) is 0 Å². The molecule has 1 unspecified atom stereocenters. The van der Waals surface area contributed by atoms with E-state index < -0.39 is 5.97 Å². The van der Waals surface area contributed by atoms with E-state index in [2.05, 4.69) is 0 Å². The fraction of sp³-hybridized carbons (Fsp3) is 0.933. The third-order valence-electron chi connectivity index (χ3n) is 4.80. The molecule has 0 heterocycles. The largest absolute Gasteiger partial charge is 0.481 e. The van der Waals surface area contributed by atoms with Crippen LogP contribution in [0.3, 0.4) is 0 Å². The Morgan fingerprint density at radius 2 is 1.33 bits per heavy atom. The Hall–Kier alpha value is -0.100. The molecule has 0 aromatic carbocycles. The summed E-state index contributed by atoms with van der Waals surface area (Å²) in [5.41, 5.74) is 1.43. The predicted molar refractivity (Wildman–Crippen MR) is 77.8 cm³/mol. The zero-order valence-corrected chi connectivity index (χ0v) is 12.5. The molecule has 0 aliphatic heterocycles. The zero-order valence-electron chi connectivity index (χ0n) is 11.6. The van der Waals surface area contributed by atoms with Crippen molar-refractivity contribution in [2.24, 2.45) is 0 Å². The van der Waals surface area contributed by atoms with Crippen LogP contribution < -0.4 is 0 Å². The summed E-state index contributed by atoms with van der Waals surface area (Å²) >= 11 is 0. The summed E-state index contributed by atoms with van der Waals surface area (Å²) in [6.45, 7) is 1.98. The van der Waals surface area contributed by atoms with Crippen LogP contribution in [0.4, 0.5) is 0 Å². The van der Waals surface area contributed by atoms with E-state index in [0.717, 1.165) is 11.3 Å². The van der Waals surface area contributed by atoms with Crippen LogP contribution in [0.2, 0.25) is 0 Å². The number of hydrogen-bond acceptors (Lipinski definition) is 1. The second kappa shape index (κ2) is 6.89. The first-order valence-electron chi connectivity index (χ1n) is 7.70. The van der Waals surface area contributed by atoms with Gasteiger partial charge in [0.05, 0.1) is 5.66 Å². The lowest BCUT2D eigenvalue weighted by Crippen LogP contribution is -2.29. The van der Waals surface area contributed by atoms with Gasteiger partial charge in [0.1, 0.15) is 0 Å². The standard InChI is InChI=1S/C15H27O2P/c1-12(15(16)17)18(13-8-4-2-5-9-13)14-10-6-3-7-11-14/h12-14H,2-11H2,1H3,(H,16,17). The molecule has 0 radical (unpaired) electrons. The second-order valence-electron chi connectivity index (χ2n) is 6.05. The van der Waals surface area contributed by atoms with Crippen molar-refractivity contribution < 1.29 is 9.90 Å². The highest BCUT2D eigenvalue weighted by Gasteiger charge is 2.37. The van der Waals surface area contributed by atoms with Crippen LogP contribution >= 0.6 is 7.92 Å². The van der Waals surface area contributed by atoms with Crippen molar-refractivity contribution >= 4 is 13.9 Å². The van der Waals surface area contributed by atoms with Crippen molar-refractivity contribution in [3.63, 3.8) is 0 Å². The monoisotopic (exact) mass is 270 g/mol. The maximum absolute atomic E-state index is 11.4. The molecule has 0 bridgehead atoms. The summed E-state index contributed by atoms with van der Waals surface area (Å²) < 4.78 is 0. The number of carboxylic acids is 1. The fourth-order valence-corrected chi connectivity index (χ4v) is 7.86. The molecule has 2 aliphatic carbocycles. The summed E-state index contributed by atoms with van der Waals surface area (Å²) in [7, 11) is -0.297. The Labute approximate surface area is 112 Å². The van der Waals surface area contributed by atoms with E-state index in [4.69, 9.17) is 0 Å². The molecule has 3 heteroatoms. The summed E-state index contributed by atoms with van der Waals surface area (Å²) in [4.78, 5) is 11.4. The molecular formula is C15H27O2P. The average Bonchev–Trinajstić information content (AvgIpc) is 2.41. The number of carboxylic acid groups (broad SMARTS) is 1. The van der Waals surface area contributed by atoms with E-state index >= 15 is 0 Å². The topological polar surface area (TPSA) is 37.3 Å². The summed E-state index contributed by atoms with van der Waals surface area (Å²) in [6, 6.07) is 0. The molecule has 2 saturated carbocycles. The molecule has 18 heavy (non-hydrogen) atoms. The van der Waals surface area contributed by atoms with Gasteiger partial charge >= 0.3 is 5.97 Å². The van der Waals surface area contributed by atoms with Crippen LogP contribution in [0, 0.1) is 0 Å². The minimum Gasteiger partial charge on any atom is -0.481 e. The number of aliphatic carboxylic acids is 1. The van der Waals surface area contributed by atoms with Crippen molar-refractivity contribution in [3.8, 4) is 0 Å². The number of rotatable bonds is 4. The molecule has 104 valence electrons. The van der Waals surface area contributed by atoms with Gasteiger partial charge in [-0.3, -0.25) is 4.79 Å². The molecule has 0 aromatic heterocycles. The van der Waals surface area contributed by atoms with E-state index in [9.17, 15) is 9.90 Å². The highest BCUT2D eigenvalue weighted by molar-refractivity contribution is 7.60. The van der Waals surface area contributed by atoms with Gasteiger partial charge in [-0.25, -0.2) is 0 Å². The first kappa shape index (κ1) is 14.3. The van der Waals surface area contributed by atoms with E-state index in [0.29, 0.717) is 0 Å². The molecule has 0 amide bonds. The lowest BCUT2D eigenvalue weighted by Gasteiger charge is -2.40. The normalized spacial score (nSPS) is 25.2. The van der Waals surface area contributed by atoms with Gasteiger partial charge in [-0.15, -0.1) is 0 Å². The molecule has 2 nitrogen and oxygen atoms in total. The third kappa shape index (κ3) is 3.47. The first-order chi connectivity index (χ1) is 8.70. The lowest BCUT2D eigenvalue weighted by atomic mass is 9.99. The van der Waals surface area contributed by atoms with Gasteiger partial charge in [-0.05, 0) is 43.9 Å². The number of carbonyl (C=O) groups is 1. The van der Waals surface area contributed by atoms with E-state index in [-0.39, 0.29) is 13.6 Å². The van der Waals surface area contributed by atoms with E-state index in [1.807, 2.05) is 6.92 Å². The first-order valence-corrected chi connectivity index (χ1v) is 9.25. The van der Waals surface area contributed by atoms with Crippen molar-refractivity contribution in [2.75, 3.05) is 0 Å². The van der Waals surface area contributed by atoms with Gasteiger partial charge in [0, 0.05) is 0 Å². The summed E-state index contributed by atoms with van der Waals surface area (Å²) in [6.07, 6.45) is 13.3. The van der Waals surface area contributed by atoms with Crippen molar-refractivity contribution in [1.29, 1.82) is 0 Å². The molecule has 2 rings (SSSR count). The molecule has 2 aliphatic rings. The van der Waals surface area contributed by atoms with Gasteiger partial charge in [0.15, 0.2) is 0 Å². The van der Waals surface area contributed by atoms with Gasteiger partial charge < -0.3 is 5.11 Å². The summed E-state index contributed by atoms with van der Waals surface area (Å²) in [5, 5.41) is 9.43. The summed E-state index contributed by atoms with van der Waals surface area (Å²) in [5.74, 6) is -0.544. The maximum Gasteiger partial charge on any atom is 0.310 e. The van der Waals surface area contributed by atoms with Gasteiger partial charge in [0.25, 0.3) is 0 Å². The molecule has 1 atom stereocenters. The van der Waals surface area contributed by atoms with Crippen LogP contribution in [0.25, 0.3) is 0 Å². The minimum absolute atomic E-state index is 0.0776. The Balaban J connectivity index is 2.07. The molecule has 2 fully saturated rings. The van der Waals surface area contributed by atoms with Crippen LogP contribution in [0.15, 0.2) is 0 Å². The highest BCUT2D eigenvalue weighted by atomic mass is 31.1. The number of hydrogen-bond donors (Lipinski definition) is 1. The maximum atomic E-state index is 11.4. The Morgan fingerprint density at radius 3 is 1.67 bits per heavy atom. The van der Waals surface area contributed by atoms with Crippen molar-refractivity contribution in [2.45, 2.75) is 88.1 Å². The molecule has 1 N–H and O–H groups in total. The Morgan fingerprint density at radius 1 is 0.944 bits per heavy atom. The van der Waals surface area contributed by atoms with Crippen LogP contribution in [-0.4, -0.2) is 28.1 Å². The zero-order chi connectivity index (χ0) is 13.0. The van der Waals surface area contributed by atoms with Crippen LogP contribution in [0.5, 0.6) is 0 Å². The van der Waals surface area contributed by atoms with Gasteiger partial charge in [-0.2, -0.15) is 0 Å². The van der Waals surface area contributed by atoms with Crippen LogP contribution in [0.1, 0.15) is 71.1 Å². The molecule has 0 aromatic rings. The minimum atomic E-state index is -0.544. The smallest absolute Gasteiger partial charge is 0.310 e. The lowest BCUT2D eigenvalue weighted by molar-refractivity contribution is -0.136. The molecule has 0 saturated heterocycles. The van der Waals surface area contributed by atoms with Crippen molar-refractivity contribution in [3.05, 3.63) is 0 Å². The Bertz CT molecular complexity index is 250. The van der Waals surface area contributed by atoms with Crippen LogP contribution in [-0.2, 0) is 4.79 Å². The predicted octanol–water partition coefficient (Wildman–Crippen LogP) is 4.61. The third-order valence-corrected chi connectivity index (χ3v) is 8.63.